The van der Waals surface area contributed by atoms with E-state index in [1.807, 2.05) is 24.0 Å². The minimum absolute atomic E-state index is 0.0925. The molecule has 0 aromatic carbocycles. The molecule has 2 rings (SSSR count). The lowest BCUT2D eigenvalue weighted by atomic mass is 10.0. The van der Waals surface area contributed by atoms with Crippen LogP contribution >= 0.6 is 22.6 Å². The van der Waals surface area contributed by atoms with Gasteiger partial charge >= 0.3 is 0 Å². The Labute approximate surface area is 213 Å². The Hall–Kier alpha value is -0.533. The first-order chi connectivity index (χ1) is 15.2. The van der Waals surface area contributed by atoms with Gasteiger partial charge in [-0.2, -0.15) is 0 Å². The summed E-state index contributed by atoms with van der Waals surface area (Å²) in [4.78, 5) is 25.9. The van der Waals surface area contributed by atoms with Crippen LogP contribution in [0.3, 0.4) is 0 Å². The maximum atomic E-state index is 13.5. The fourth-order valence-corrected chi connectivity index (χ4v) is 5.53. The molecule has 2 heterocycles. The molecule has 2 N–H and O–H groups in total. The Morgan fingerprint density at radius 2 is 1.97 bits per heavy atom. The zero-order valence-electron chi connectivity index (χ0n) is 21.2. The molecule has 2 fully saturated rings. The van der Waals surface area contributed by atoms with Crippen molar-refractivity contribution in [3.05, 3.63) is 10.2 Å². The number of halogens is 1. The molecule has 0 aromatic heterocycles. The second-order valence-corrected chi connectivity index (χ2v) is 16.2. The molecule has 0 bridgehead atoms. The van der Waals surface area contributed by atoms with Crippen LogP contribution in [0, 0.1) is 0 Å². The molecular weight excluding hydrogens is 555 g/mol. The van der Waals surface area contributed by atoms with E-state index >= 15 is 0 Å². The van der Waals surface area contributed by atoms with Crippen LogP contribution in [0.15, 0.2) is 10.2 Å². The van der Waals surface area contributed by atoms with E-state index in [4.69, 9.17) is 18.6 Å². The fourth-order valence-electron chi connectivity index (χ4n) is 3.83. The van der Waals surface area contributed by atoms with E-state index in [0.29, 0.717) is 13.0 Å². The van der Waals surface area contributed by atoms with Crippen LogP contribution in [-0.4, -0.2) is 70.0 Å². The molecule has 0 spiro atoms. The summed E-state index contributed by atoms with van der Waals surface area (Å²) in [7, 11) is -0.844. The molecule has 33 heavy (non-hydrogen) atoms. The third-order valence-corrected chi connectivity index (χ3v) is 11.5. The minimum Gasteiger partial charge on any atom is -0.408 e. The Morgan fingerprint density at radius 3 is 2.55 bits per heavy atom. The van der Waals surface area contributed by atoms with Gasteiger partial charge in [-0.05, 0) is 61.4 Å². The maximum absolute atomic E-state index is 13.5. The van der Waals surface area contributed by atoms with Gasteiger partial charge in [0.25, 0.3) is 5.91 Å². The monoisotopic (exact) mass is 596 g/mol. The van der Waals surface area contributed by atoms with Crippen molar-refractivity contribution < 1.29 is 28.2 Å². The van der Waals surface area contributed by atoms with Gasteiger partial charge in [0.05, 0.1) is 0 Å². The van der Waals surface area contributed by atoms with E-state index in [9.17, 15) is 9.59 Å². The average molecular weight is 597 g/mol. The Kier molecular flexibility index (Phi) is 9.97. The van der Waals surface area contributed by atoms with Crippen LogP contribution < -0.4 is 10.6 Å². The van der Waals surface area contributed by atoms with Crippen molar-refractivity contribution >= 4 is 42.7 Å². The van der Waals surface area contributed by atoms with E-state index in [0.717, 1.165) is 12.8 Å². The molecule has 0 aromatic rings. The first kappa shape index (κ1) is 28.7. The summed E-state index contributed by atoms with van der Waals surface area (Å²) in [5.41, 5.74) is 0. The fraction of sp³-hybridized carbons (Fsp3) is 0.826. The predicted octanol–water partition coefficient (Wildman–Crippen LogP) is 3.65. The number of carbonyl (C=O) groups excluding carboxylic acids is 2. The van der Waals surface area contributed by atoms with Gasteiger partial charge in [-0.1, -0.05) is 43.4 Å². The first-order valence-electron chi connectivity index (χ1n) is 11.6. The number of rotatable bonds is 8. The van der Waals surface area contributed by atoms with Crippen molar-refractivity contribution in [3.63, 3.8) is 0 Å². The van der Waals surface area contributed by atoms with Crippen molar-refractivity contribution in [2.75, 3.05) is 13.7 Å². The number of ether oxygens (including phenoxy) is 3. The molecule has 190 valence electrons. The molecule has 0 saturated carbocycles. The van der Waals surface area contributed by atoms with Crippen LogP contribution in [0.25, 0.3) is 0 Å². The highest BCUT2D eigenvalue weighted by Crippen LogP contribution is 2.41. The van der Waals surface area contributed by atoms with Crippen molar-refractivity contribution in [2.24, 2.45) is 0 Å². The molecule has 5 atom stereocenters. The van der Waals surface area contributed by atoms with Crippen LogP contribution in [0.2, 0.25) is 18.1 Å². The Balaban J connectivity index is 2.39. The third-order valence-electron chi connectivity index (χ3n) is 6.65. The molecule has 2 amide bonds. The van der Waals surface area contributed by atoms with E-state index in [-0.39, 0.29) is 16.9 Å². The highest BCUT2D eigenvalue weighted by atomic mass is 127. The molecule has 2 aliphatic rings. The molecule has 0 unspecified atom stereocenters. The maximum Gasteiger partial charge on any atom is 0.252 e. The number of carbonyl (C=O) groups is 2. The third kappa shape index (κ3) is 7.47. The van der Waals surface area contributed by atoms with Crippen LogP contribution in [0.5, 0.6) is 0 Å². The molecule has 0 aliphatic carbocycles. The van der Waals surface area contributed by atoms with Crippen molar-refractivity contribution in [3.8, 4) is 0 Å². The van der Waals surface area contributed by atoms with Crippen LogP contribution in [0.1, 0.15) is 53.9 Å². The van der Waals surface area contributed by atoms with Crippen LogP contribution in [0.4, 0.5) is 0 Å². The summed E-state index contributed by atoms with van der Waals surface area (Å²) >= 11 is 2.14. The molecule has 8 nitrogen and oxygen atoms in total. The molecule has 0 radical (unpaired) electrons. The number of nitrogens with one attached hydrogen (secondary N) is 2. The Morgan fingerprint density at radius 1 is 1.30 bits per heavy atom. The number of amides is 2. The lowest BCUT2D eigenvalue weighted by molar-refractivity contribution is -0.167. The largest absolute Gasteiger partial charge is 0.408 e. The topological polar surface area (TPSA) is 95.1 Å². The molecular formula is C23H41IN2O6Si. The smallest absolute Gasteiger partial charge is 0.252 e. The average Bonchev–Trinajstić information content (AvgIpc) is 2.84. The van der Waals surface area contributed by atoms with Gasteiger partial charge < -0.3 is 29.3 Å². The molecule has 10 heteroatoms. The summed E-state index contributed by atoms with van der Waals surface area (Å²) in [6.07, 6.45) is 1.62. The lowest BCUT2D eigenvalue weighted by Gasteiger charge is -2.42. The molecule has 2 saturated heterocycles. The van der Waals surface area contributed by atoms with Gasteiger partial charge in [0.15, 0.2) is 20.2 Å². The van der Waals surface area contributed by atoms with E-state index in [1.165, 1.54) is 7.11 Å². The minimum atomic E-state index is -2.33. The van der Waals surface area contributed by atoms with Gasteiger partial charge in [-0.3, -0.25) is 9.59 Å². The van der Waals surface area contributed by atoms with Crippen molar-refractivity contribution in [2.45, 2.75) is 108 Å². The summed E-state index contributed by atoms with van der Waals surface area (Å²) < 4.78 is 26.8. The van der Waals surface area contributed by atoms with E-state index in [1.54, 1.807) is 0 Å². The second-order valence-electron chi connectivity index (χ2n) is 10.7. The standard InChI is InChI=1S/C23H41IN2O6Si/c1-22(2,3)33(7,8)32-18(17-16(12-13-24)30-23(4,5)31-17)19(29-6)21(28)26-15-11-9-10-14-25-20(15)27/h12-13,15-19H,9-11,14H2,1-8H3,(H,25,27)(H,26,28)/b13-12+/t15-,16+,17-,18+,19+/m0/s1. The van der Waals surface area contributed by atoms with Gasteiger partial charge in [-0.15, -0.1) is 0 Å². The van der Waals surface area contributed by atoms with Gasteiger partial charge in [0.2, 0.25) is 5.91 Å². The number of hydrogen-bond acceptors (Lipinski definition) is 6. The first-order valence-corrected chi connectivity index (χ1v) is 15.8. The van der Waals surface area contributed by atoms with E-state index < -0.39 is 44.6 Å². The van der Waals surface area contributed by atoms with Gasteiger partial charge in [0, 0.05) is 13.7 Å². The second kappa shape index (κ2) is 11.5. The summed E-state index contributed by atoms with van der Waals surface area (Å²) in [6.45, 7) is 15.0. The lowest BCUT2D eigenvalue weighted by Crippen LogP contribution is -2.59. The molecule has 2 aliphatic heterocycles. The summed E-state index contributed by atoms with van der Waals surface area (Å²) in [5, 5.41) is 5.67. The Bertz CT molecular complexity index is 724. The number of methoxy groups -OCH3 is 1. The van der Waals surface area contributed by atoms with Crippen molar-refractivity contribution in [1.82, 2.24) is 10.6 Å². The summed E-state index contributed by atoms with van der Waals surface area (Å²) in [5.74, 6) is -1.38. The zero-order valence-corrected chi connectivity index (χ0v) is 24.4. The highest BCUT2D eigenvalue weighted by Gasteiger charge is 2.52. The summed E-state index contributed by atoms with van der Waals surface area (Å²) in [6, 6.07) is -0.589. The van der Waals surface area contributed by atoms with E-state index in [2.05, 4.69) is 67.1 Å². The quantitative estimate of drug-likeness (QED) is 0.328. The van der Waals surface area contributed by atoms with Gasteiger partial charge in [-0.25, -0.2) is 0 Å². The number of hydrogen-bond donors (Lipinski definition) is 2. The zero-order chi connectivity index (χ0) is 25.0. The normalized spacial score (nSPS) is 28.3. The highest BCUT2D eigenvalue weighted by molar-refractivity contribution is 14.1. The van der Waals surface area contributed by atoms with Crippen LogP contribution in [-0.2, 0) is 28.2 Å². The van der Waals surface area contributed by atoms with Gasteiger partial charge in [0.1, 0.15) is 24.4 Å². The van der Waals surface area contributed by atoms with Crippen molar-refractivity contribution in [1.29, 1.82) is 0 Å². The predicted molar refractivity (Wildman–Crippen MR) is 139 cm³/mol. The SMILES string of the molecule is CO[C@@H](C(=O)N[C@H]1CCCCNC1=O)[C@H](O[Si](C)(C)C(C)(C)C)[C@H]1OC(C)(C)O[C@@H]1/C=C/I.